The van der Waals surface area contributed by atoms with Crippen molar-refractivity contribution in [1.82, 2.24) is 4.98 Å². The van der Waals surface area contributed by atoms with E-state index in [1.54, 1.807) is 25.3 Å². The van der Waals surface area contributed by atoms with Crippen molar-refractivity contribution in [2.75, 3.05) is 14.2 Å². The van der Waals surface area contributed by atoms with E-state index in [1.165, 1.54) is 7.11 Å². The molecule has 0 radical (unpaired) electrons. The van der Waals surface area contributed by atoms with E-state index in [-0.39, 0.29) is 5.96 Å². The summed E-state index contributed by atoms with van der Waals surface area (Å²) in [5.41, 5.74) is 14.1. The molecular formula is C20H20N4O3. The maximum atomic E-state index is 12.6. The monoisotopic (exact) mass is 364 g/mol. The van der Waals surface area contributed by atoms with Gasteiger partial charge in [-0.3, -0.25) is 4.79 Å². The lowest BCUT2D eigenvalue weighted by atomic mass is 10.0. The van der Waals surface area contributed by atoms with Gasteiger partial charge in [-0.25, -0.2) is 4.98 Å². The van der Waals surface area contributed by atoms with Crippen molar-refractivity contribution in [2.45, 2.75) is 6.92 Å². The number of amides is 1. The molecule has 1 aromatic heterocycles. The Hall–Kier alpha value is -3.61. The summed E-state index contributed by atoms with van der Waals surface area (Å²) in [5.74, 6) is 0.0937. The number of benzene rings is 2. The minimum absolute atomic E-state index is 0.303. The predicted molar refractivity (Wildman–Crippen MR) is 105 cm³/mol. The molecule has 0 unspecified atom stereocenters. The Morgan fingerprint density at radius 2 is 1.81 bits per heavy atom. The van der Waals surface area contributed by atoms with Crippen molar-refractivity contribution >= 4 is 22.8 Å². The highest BCUT2D eigenvalue weighted by atomic mass is 16.5. The minimum atomic E-state index is -0.551. The maximum Gasteiger partial charge on any atom is 0.280 e. The van der Waals surface area contributed by atoms with E-state index in [0.717, 1.165) is 11.1 Å². The van der Waals surface area contributed by atoms with E-state index >= 15 is 0 Å². The van der Waals surface area contributed by atoms with Crippen molar-refractivity contribution in [3.8, 4) is 22.8 Å². The number of rotatable bonds is 4. The van der Waals surface area contributed by atoms with Gasteiger partial charge < -0.3 is 20.9 Å². The van der Waals surface area contributed by atoms with E-state index in [9.17, 15) is 4.79 Å². The molecule has 0 spiro atoms. The third-order valence-electron chi connectivity index (χ3n) is 4.20. The molecule has 4 N–H and O–H groups in total. The maximum absolute atomic E-state index is 12.6. The van der Waals surface area contributed by atoms with Crippen LogP contribution >= 0.6 is 0 Å². The zero-order valence-electron chi connectivity index (χ0n) is 15.3. The molecule has 1 amide bonds. The average Bonchev–Trinajstić information content (AvgIpc) is 2.65. The van der Waals surface area contributed by atoms with Crippen molar-refractivity contribution in [2.24, 2.45) is 16.5 Å². The highest BCUT2D eigenvalue weighted by Crippen LogP contribution is 2.37. The smallest absolute Gasteiger partial charge is 0.280 e. The molecule has 0 aliphatic heterocycles. The van der Waals surface area contributed by atoms with Gasteiger partial charge in [0.1, 0.15) is 5.52 Å². The van der Waals surface area contributed by atoms with Crippen molar-refractivity contribution in [3.05, 3.63) is 53.6 Å². The van der Waals surface area contributed by atoms with Gasteiger partial charge in [0.2, 0.25) is 0 Å². The number of carbonyl (C=O) groups is 1. The number of nitrogens with zero attached hydrogens (tertiary/aromatic N) is 2. The summed E-state index contributed by atoms with van der Waals surface area (Å²) in [7, 11) is 3.07. The second kappa shape index (κ2) is 7.33. The van der Waals surface area contributed by atoms with Crippen LogP contribution < -0.4 is 20.9 Å². The van der Waals surface area contributed by atoms with E-state index in [2.05, 4.69) is 4.99 Å². The van der Waals surface area contributed by atoms with Gasteiger partial charge in [0.05, 0.1) is 25.5 Å². The van der Waals surface area contributed by atoms with Crippen LogP contribution in [0.4, 0.5) is 0 Å². The van der Waals surface area contributed by atoms with Gasteiger partial charge in [0.15, 0.2) is 17.5 Å². The first-order valence-electron chi connectivity index (χ1n) is 8.22. The summed E-state index contributed by atoms with van der Waals surface area (Å²) < 4.78 is 10.9. The number of pyridine rings is 1. The van der Waals surface area contributed by atoms with E-state index in [4.69, 9.17) is 25.9 Å². The second-order valence-corrected chi connectivity index (χ2v) is 5.91. The normalized spacial score (nSPS) is 10.5. The van der Waals surface area contributed by atoms with Crippen LogP contribution in [-0.2, 0) is 0 Å². The van der Waals surface area contributed by atoms with Crippen LogP contribution in [0.3, 0.4) is 0 Å². The third-order valence-corrected chi connectivity index (χ3v) is 4.20. The molecule has 7 heteroatoms. The topological polar surface area (TPSA) is 113 Å². The van der Waals surface area contributed by atoms with Crippen LogP contribution in [0.2, 0.25) is 0 Å². The van der Waals surface area contributed by atoms with Crippen molar-refractivity contribution in [1.29, 1.82) is 0 Å². The lowest BCUT2D eigenvalue weighted by molar-refractivity contribution is 0.100. The molecule has 0 aliphatic rings. The summed E-state index contributed by atoms with van der Waals surface area (Å²) in [6.07, 6.45) is 0. The van der Waals surface area contributed by atoms with Gasteiger partial charge >= 0.3 is 0 Å². The van der Waals surface area contributed by atoms with E-state index in [1.807, 2.05) is 31.2 Å². The molecule has 2 aromatic carbocycles. The number of ether oxygens (including phenoxy) is 2. The molecule has 27 heavy (non-hydrogen) atoms. The molecule has 3 rings (SSSR count). The van der Waals surface area contributed by atoms with Crippen molar-refractivity contribution < 1.29 is 14.3 Å². The molecule has 0 bridgehead atoms. The minimum Gasteiger partial charge on any atom is -0.493 e. The highest BCUT2D eigenvalue weighted by Gasteiger charge is 2.19. The first-order chi connectivity index (χ1) is 13.0. The van der Waals surface area contributed by atoms with Crippen LogP contribution in [0.15, 0.2) is 47.5 Å². The number of nitrogens with two attached hydrogens (primary N) is 2. The fourth-order valence-corrected chi connectivity index (χ4v) is 2.96. The number of aromatic nitrogens is 1. The fourth-order valence-electron chi connectivity index (χ4n) is 2.96. The molecular weight excluding hydrogens is 344 g/mol. The van der Waals surface area contributed by atoms with E-state index in [0.29, 0.717) is 33.7 Å². The van der Waals surface area contributed by atoms with Gasteiger partial charge in [0, 0.05) is 10.9 Å². The number of fused-ring (bicyclic) bond motifs is 1. The van der Waals surface area contributed by atoms with Gasteiger partial charge in [-0.1, -0.05) is 24.3 Å². The molecule has 138 valence electrons. The fraction of sp³-hybridized carbons (Fsp3) is 0.150. The first-order valence-corrected chi connectivity index (χ1v) is 8.22. The van der Waals surface area contributed by atoms with Crippen LogP contribution in [-0.4, -0.2) is 31.1 Å². The summed E-state index contributed by atoms with van der Waals surface area (Å²) in [5, 5.41) is 0.569. The number of methoxy groups -OCH3 is 2. The average molecular weight is 364 g/mol. The quantitative estimate of drug-likeness (QED) is 0.543. The molecule has 3 aromatic rings. The number of carbonyl (C=O) groups excluding carboxylic acids is 1. The summed E-state index contributed by atoms with van der Waals surface area (Å²) in [6.45, 7) is 1.97. The molecule has 0 atom stereocenters. The van der Waals surface area contributed by atoms with Crippen LogP contribution in [0.5, 0.6) is 11.5 Å². The lowest BCUT2D eigenvalue weighted by Crippen LogP contribution is -2.24. The molecule has 1 heterocycles. The van der Waals surface area contributed by atoms with Gasteiger partial charge in [-0.05, 0) is 30.7 Å². The summed E-state index contributed by atoms with van der Waals surface area (Å²) in [4.78, 5) is 21.1. The predicted octanol–water partition coefficient (Wildman–Crippen LogP) is 2.64. The number of aryl methyl sites for hydroxylation is 1. The molecule has 7 nitrogen and oxygen atoms in total. The Bertz CT molecular complexity index is 1060. The van der Waals surface area contributed by atoms with Gasteiger partial charge in [0.25, 0.3) is 5.91 Å². The molecule has 0 aliphatic carbocycles. The van der Waals surface area contributed by atoms with Gasteiger partial charge in [-0.2, -0.15) is 4.99 Å². The van der Waals surface area contributed by atoms with E-state index < -0.39 is 5.91 Å². The Labute approximate surface area is 156 Å². The van der Waals surface area contributed by atoms with Crippen LogP contribution in [0.25, 0.3) is 22.2 Å². The Balaban J connectivity index is 2.40. The lowest BCUT2D eigenvalue weighted by Gasteiger charge is -2.14. The number of aliphatic imine (C=N–C) groups is 1. The number of hydrogen-bond acceptors (Lipinski definition) is 4. The van der Waals surface area contributed by atoms with Crippen LogP contribution in [0, 0.1) is 6.92 Å². The largest absolute Gasteiger partial charge is 0.493 e. The number of hydrogen-bond donors (Lipinski definition) is 2. The Morgan fingerprint density at radius 3 is 2.44 bits per heavy atom. The highest BCUT2D eigenvalue weighted by molar-refractivity contribution is 6.12. The summed E-state index contributed by atoms with van der Waals surface area (Å²) >= 11 is 0. The Morgan fingerprint density at radius 1 is 1.07 bits per heavy atom. The molecule has 0 fully saturated rings. The second-order valence-electron chi connectivity index (χ2n) is 5.91. The molecule has 0 saturated carbocycles. The van der Waals surface area contributed by atoms with Crippen LogP contribution in [0.1, 0.15) is 15.9 Å². The Kier molecular flexibility index (Phi) is 4.94. The zero-order chi connectivity index (χ0) is 19.6. The standard InChI is InChI=1S/C20H20N4O3/c1-11-6-4-5-7-12(11)15-10-14(19(25)24-20(21)22)13-8-9-16(26-2)18(27-3)17(13)23-15/h4-10H,1-3H3,(H4,21,22,24,25). The van der Waals surface area contributed by atoms with Gasteiger partial charge in [-0.15, -0.1) is 0 Å². The van der Waals surface area contributed by atoms with Crippen molar-refractivity contribution in [3.63, 3.8) is 0 Å². The summed E-state index contributed by atoms with van der Waals surface area (Å²) in [6, 6.07) is 12.9. The number of guanidine groups is 1. The molecule has 0 saturated heterocycles. The SMILES string of the molecule is COc1ccc2c(C(=O)N=C(N)N)cc(-c3ccccc3C)nc2c1OC. The first kappa shape index (κ1) is 18.2. The third kappa shape index (κ3) is 3.39. The zero-order valence-corrected chi connectivity index (χ0v) is 15.3.